The van der Waals surface area contributed by atoms with Crippen LogP contribution in [0, 0.1) is 0 Å². The van der Waals surface area contributed by atoms with E-state index in [0.29, 0.717) is 36.1 Å². The lowest BCUT2D eigenvalue weighted by atomic mass is 10.1. The number of aromatic nitrogens is 5. The average Bonchev–Trinajstić information content (AvgIpc) is 3.06. The average molecular weight is 450 g/mol. The van der Waals surface area contributed by atoms with Gasteiger partial charge in [0.15, 0.2) is 5.69 Å². The molecule has 1 amide bonds. The molecule has 9 nitrogen and oxygen atoms in total. The number of hydrogen-bond donors (Lipinski definition) is 0. The maximum atomic E-state index is 13.4. The number of carbonyl (C=O) groups is 1. The Morgan fingerprint density at radius 3 is 2.55 bits per heavy atom. The first-order chi connectivity index (χ1) is 16.2. The Labute approximate surface area is 193 Å². The highest BCUT2D eigenvalue weighted by Gasteiger charge is 2.27. The van der Waals surface area contributed by atoms with Crippen molar-refractivity contribution in [2.45, 2.75) is 58.7 Å². The van der Waals surface area contributed by atoms with Gasteiger partial charge in [0.2, 0.25) is 0 Å². The van der Waals surface area contributed by atoms with Gasteiger partial charge in [0.1, 0.15) is 11.6 Å². The molecule has 0 atom stereocenters. The van der Waals surface area contributed by atoms with Crippen LogP contribution < -0.4 is 5.56 Å². The van der Waals surface area contributed by atoms with Crippen LogP contribution in [0.5, 0.6) is 0 Å². The molecule has 0 spiro atoms. The number of amides is 1. The third kappa shape index (κ3) is 4.29. The van der Waals surface area contributed by atoms with Gasteiger partial charge in [-0.1, -0.05) is 31.5 Å². The fourth-order valence-corrected chi connectivity index (χ4v) is 4.88. The molecule has 1 aromatic carbocycles. The molecule has 0 unspecified atom stereocenters. The van der Waals surface area contributed by atoms with E-state index in [0.717, 1.165) is 50.7 Å². The molecule has 1 fully saturated rings. The van der Waals surface area contributed by atoms with E-state index in [2.05, 4.69) is 24.8 Å². The third-order valence-electron chi connectivity index (χ3n) is 6.72. The predicted octanol–water partition coefficient (Wildman–Crippen LogP) is 2.08. The van der Waals surface area contributed by atoms with E-state index >= 15 is 0 Å². The first-order valence-electron chi connectivity index (χ1n) is 12.1. The van der Waals surface area contributed by atoms with E-state index in [9.17, 15) is 9.59 Å². The number of nitrogens with zero attached hydrogens (tertiary/aromatic N) is 7. The number of fused-ring (bicyclic) bond motifs is 2. The number of rotatable bonds is 5. The van der Waals surface area contributed by atoms with Crippen molar-refractivity contribution >= 4 is 16.7 Å². The molecule has 2 aliphatic heterocycles. The van der Waals surface area contributed by atoms with Crippen molar-refractivity contribution in [1.29, 1.82) is 0 Å². The van der Waals surface area contributed by atoms with Gasteiger partial charge in [-0.3, -0.25) is 14.5 Å². The lowest BCUT2D eigenvalue weighted by molar-refractivity contribution is 0.0617. The molecule has 0 saturated carbocycles. The maximum absolute atomic E-state index is 13.4. The van der Waals surface area contributed by atoms with Crippen molar-refractivity contribution < 1.29 is 4.79 Å². The molecule has 174 valence electrons. The van der Waals surface area contributed by atoms with Gasteiger partial charge in [-0.15, -0.1) is 10.2 Å². The smallest absolute Gasteiger partial charge is 0.275 e. The van der Waals surface area contributed by atoms with Crippen molar-refractivity contribution in [3.8, 4) is 0 Å². The second-order valence-electron chi connectivity index (χ2n) is 8.99. The largest absolute Gasteiger partial charge is 0.335 e. The molecular formula is C24H31N7O2. The van der Waals surface area contributed by atoms with Gasteiger partial charge >= 0.3 is 0 Å². The minimum atomic E-state index is -0.138. The lowest BCUT2D eigenvalue weighted by Crippen LogP contribution is -2.49. The van der Waals surface area contributed by atoms with E-state index in [4.69, 9.17) is 0 Å². The van der Waals surface area contributed by atoms with E-state index in [1.54, 1.807) is 6.07 Å². The minimum absolute atomic E-state index is 0.105. The summed E-state index contributed by atoms with van der Waals surface area (Å²) in [5, 5.41) is 14.5. The van der Waals surface area contributed by atoms with Crippen molar-refractivity contribution in [3.05, 3.63) is 52.0 Å². The van der Waals surface area contributed by atoms with Crippen molar-refractivity contribution in [2.75, 3.05) is 26.2 Å². The van der Waals surface area contributed by atoms with Crippen LogP contribution in [0.25, 0.3) is 10.8 Å². The van der Waals surface area contributed by atoms with Gasteiger partial charge in [0, 0.05) is 51.1 Å². The second kappa shape index (κ2) is 9.43. The summed E-state index contributed by atoms with van der Waals surface area (Å²) in [5.74, 6) is 2.04. The summed E-state index contributed by atoms with van der Waals surface area (Å²) in [5.41, 5.74) is 0.233. The summed E-state index contributed by atoms with van der Waals surface area (Å²) >= 11 is 0. The third-order valence-corrected chi connectivity index (χ3v) is 6.72. The van der Waals surface area contributed by atoms with Crippen LogP contribution >= 0.6 is 0 Å². The molecule has 33 heavy (non-hydrogen) atoms. The Morgan fingerprint density at radius 2 is 1.76 bits per heavy atom. The Balaban J connectivity index is 1.30. The van der Waals surface area contributed by atoms with Crippen LogP contribution in [0.15, 0.2) is 29.1 Å². The molecule has 0 N–H and O–H groups in total. The van der Waals surface area contributed by atoms with E-state index < -0.39 is 0 Å². The predicted molar refractivity (Wildman–Crippen MR) is 125 cm³/mol. The highest BCUT2D eigenvalue weighted by Crippen LogP contribution is 2.19. The molecule has 0 aliphatic carbocycles. The molecular weight excluding hydrogens is 418 g/mol. The van der Waals surface area contributed by atoms with E-state index in [1.807, 2.05) is 30.0 Å². The fraction of sp³-hybridized carbons (Fsp3) is 0.542. The molecule has 9 heteroatoms. The van der Waals surface area contributed by atoms with Crippen molar-refractivity contribution in [2.24, 2.45) is 0 Å². The van der Waals surface area contributed by atoms with Crippen LogP contribution in [0.2, 0.25) is 0 Å². The zero-order valence-electron chi connectivity index (χ0n) is 19.2. The van der Waals surface area contributed by atoms with Crippen molar-refractivity contribution in [1.82, 2.24) is 34.3 Å². The summed E-state index contributed by atoms with van der Waals surface area (Å²) in [6.07, 6.45) is 5.41. The van der Waals surface area contributed by atoms with E-state index in [-0.39, 0.29) is 11.5 Å². The van der Waals surface area contributed by atoms with Gasteiger partial charge in [-0.2, -0.15) is 5.10 Å². The first kappa shape index (κ1) is 21.8. The van der Waals surface area contributed by atoms with Gasteiger partial charge in [-0.25, -0.2) is 4.68 Å². The zero-order chi connectivity index (χ0) is 22.8. The van der Waals surface area contributed by atoms with Gasteiger partial charge < -0.3 is 9.47 Å². The SMILES string of the molecule is CCCn1nc(C(=O)N2CCN(Cc3nnc4n3CCCCC4)CC2)c2ccccc2c1=O. The highest BCUT2D eigenvalue weighted by molar-refractivity contribution is 6.04. The summed E-state index contributed by atoms with van der Waals surface area (Å²) in [7, 11) is 0. The summed E-state index contributed by atoms with van der Waals surface area (Å²) in [4.78, 5) is 30.4. The van der Waals surface area contributed by atoms with Crippen molar-refractivity contribution in [3.63, 3.8) is 0 Å². The standard InChI is InChI=1S/C24H31N7O2/c1-2-11-31-23(32)19-9-6-5-8-18(19)22(27-31)24(33)29-15-13-28(14-16-29)17-21-26-25-20-10-4-3-7-12-30(20)21/h5-6,8-9H,2-4,7,10-17H2,1H3. The summed E-state index contributed by atoms with van der Waals surface area (Å²) < 4.78 is 3.72. The Hall–Kier alpha value is -3.07. The van der Waals surface area contributed by atoms with E-state index in [1.165, 1.54) is 23.9 Å². The van der Waals surface area contributed by atoms with Crippen LogP contribution in [-0.4, -0.2) is 66.4 Å². The number of aryl methyl sites for hydroxylation is 2. The molecule has 3 aromatic rings. The Kier molecular flexibility index (Phi) is 6.22. The Morgan fingerprint density at radius 1 is 0.970 bits per heavy atom. The van der Waals surface area contributed by atoms with Gasteiger partial charge in [0.05, 0.1) is 11.9 Å². The Bertz CT molecular complexity index is 1210. The highest BCUT2D eigenvalue weighted by atomic mass is 16.2. The monoisotopic (exact) mass is 449 g/mol. The number of benzene rings is 1. The van der Waals surface area contributed by atoms with Gasteiger partial charge in [-0.05, 0) is 25.3 Å². The topological polar surface area (TPSA) is 89.2 Å². The number of hydrogen-bond acceptors (Lipinski definition) is 6. The number of carbonyl (C=O) groups excluding carboxylic acids is 1. The quantitative estimate of drug-likeness (QED) is 0.593. The van der Waals surface area contributed by atoms with Crippen LogP contribution in [0.1, 0.15) is 54.7 Å². The lowest BCUT2D eigenvalue weighted by Gasteiger charge is -2.34. The molecule has 5 rings (SSSR count). The molecule has 1 saturated heterocycles. The molecule has 2 aliphatic rings. The second-order valence-corrected chi connectivity index (χ2v) is 8.99. The normalized spacial score (nSPS) is 17.2. The minimum Gasteiger partial charge on any atom is -0.335 e. The summed E-state index contributed by atoms with van der Waals surface area (Å²) in [6, 6.07) is 7.28. The number of piperazine rings is 1. The molecule has 0 bridgehead atoms. The summed E-state index contributed by atoms with van der Waals surface area (Å²) in [6.45, 7) is 7.07. The first-order valence-corrected chi connectivity index (χ1v) is 12.1. The van der Waals surface area contributed by atoms with Gasteiger partial charge in [0.25, 0.3) is 11.5 Å². The van der Waals surface area contributed by atoms with Crippen LogP contribution in [-0.2, 0) is 26.1 Å². The molecule has 0 radical (unpaired) electrons. The fourth-order valence-electron chi connectivity index (χ4n) is 4.88. The molecule has 2 aromatic heterocycles. The van der Waals surface area contributed by atoms with Crippen LogP contribution in [0.3, 0.4) is 0 Å². The van der Waals surface area contributed by atoms with Crippen LogP contribution in [0.4, 0.5) is 0 Å². The zero-order valence-corrected chi connectivity index (χ0v) is 19.2. The molecule has 4 heterocycles. The maximum Gasteiger partial charge on any atom is 0.275 e.